The lowest BCUT2D eigenvalue weighted by Crippen LogP contribution is -2.41. The third-order valence-electron chi connectivity index (χ3n) is 5.99. The highest BCUT2D eigenvalue weighted by atomic mass is 35.5. The van der Waals surface area contributed by atoms with Gasteiger partial charge < -0.3 is 4.74 Å². The van der Waals surface area contributed by atoms with Crippen molar-refractivity contribution >= 4 is 17.4 Å². The second-order valence-corrected chi connectivity index (χ2v) is 9.88. The monoisotopic (exact) mass is 452 g/mol. The van der Waals surface area contributed by atoms with Crippen molar-refractivity contribution in [1.29, 1.82) is 0 Å². The highest BCUT2D eigenvalue weighted by Crippen LogP contribution is 2.24. The van der Waals surface area contributed by atoms with Gasteiger partial charge in [0, 0.05) is 22.1 Å². The number of nitrogens with zero attached hydrogens (tertiary/aromatic N) is 3. The summed E-state index contributed by atoms with van der Waals surface area (Å²) in [6.45, 7) is 8.11. The summed E-state index contributed by atoms with van der Waals surface area (Å²) >= 11 is 5.96. The fraction of sp³-hybridized carbons (Fsp3) is 0.423. The Morgan fingerprint density at radius 1 is 1.06 bits per heavy atom. The Labute approximate surface area is 195 Å². The Morgan fingerprint density at radius 3 is 2.47 bits per heavy atom. The largest absolute Gasteiger partial charge is 0.482 e. The van der Waals surface area contributed by atoms with Crippen molar-refractivity contribution in [3.8, 4) is 5.75 Å². The average Bonchev–Trinajstić information content (AvgIpc) is 2.92. The molecule has 0 fully saturated rings. The summed E-state index contributed by atoms with van der Waals surface area (Å²) in [7, 11) is 0. The predicted octanol–water partition coefficient (Wildman–Crippen LogP) is 5.31. The number of fused-ring (bicyclic) bond motifs is 1. The smallest absolute Gasteiger partial charge is 0.315 e. The summed E-state index contributed by atoms with van der Waals surface area (Å²) in [5, 5.41) is 5.42. The van der Waals surface area contributed by atoms with E-state index in [4.69, 9.17) is 21.4 Å². The fourth-order valence-corrected chi connectivity index (χ4v) is 4.21. The number of Topliss-reactive ketones (excluding diaryl/α,β-unsaturated/α-hetero) is 1. The molecule has 0 aliphatic carbocycles. The van der Waals surface area contributed by atoms with Crippen molar-refractivity contribution in [3.63, 3.8) is 0 Å². The maximum atomic E-state index is 12.9. The van der Waals surface area contributed by atoms with Gasteiger partial charge in [-0.05, 0) is 66.6 Å². The maximum Gasteiger partial charge on any atom is 0.315 e. The van der Waals surface area contributed by atoms with Crippen LogP contribution in [0.3, 0.4) is 0 Å². The molecule has 0 bridgehead atoms. The molecule has 2 heterocycles. The standard InChI is InChI=1S/C26H31ClN3O2/c1-26(2,3)20-10-14-22(15-11-20)32-18-24-28-30(25-7-5-4-6-16-29(24)25)17-23(31)19-8-12-21(27)13-9-19/h8-15H,4-7,16-18H2,1-3H3/q+1. The number of carbonyl (C=O) groups excluding carboxylic acids is 1. The fourth-order valence-electron chi connectivity index (χ4n) is 4.09. The first kappa shape index (κ1) is 22.5. The van der Waals surface area contributed by atoms with Gasteiger partial charge in [-0.15, -0.1) is 4.68 Å². The minimum atomic E-state index is 0.0297. The second-order valence-electron chi connectivity index (χ2n) is 9.45. The van der Waals surface area contributed by atoms with Crippen molar-refractivity contribution in [3.05, 3.63) is 76.3 Å². The lowest BCUT2D eigenvalue weighted by Gasteiger charge is -2.19. The number of ketones is 1. The van der Waals surface area contributed by atoms with E-state index in [0.29, 0.717) is 17.2 Å². The van der Waals surface area contributed by atoms with Gasteiger partial charge >= 0.3 is 5.82 Å². The molecule has 6 heteroatoms. The third-order valence-corrected chi connectivity index (χ3v) is 6.24. The molecular formula is C26H31ClN3O2+. The number of halogens is 1. The summed E-state index contributed by atoms with van der Waals surface area (Å²) in [5.41, 5.74) is 2.04. The van der Waals surface area contributed by atoms with E-state index in [9.17, 15) is 4.79 Å². The van der Waals surface area contributed by atoms with Crippen LogP contribution in [0.25, 0.3) is 0 Å². The number of ether oxygens (including phenoxy) is 1. The summed E-state index contributed by atoms with van der Waals surface area (Å²) in [5.74, 6) is 2.83. The van der Waals surface area contributed by atoms with Gasteiger partial charge in [0.1, 0.15) is 5.75 Å². The molecule has 1 aromatic heterocycles. The molecule has 0 saturated carbocycles. The highest BCUT2D eigenvalue weighted by molar-refractivity contribution is 6.30. The number of rotatable bonds is 6. The maximum absolute atomic E-state index is 12.9. The zero-order chi connectivity index (χ0) is 22.7. The van der Waals surface area contributed by atoms with E-state index >= 15 is 0 Å². The molecule has 0 N–H and O–H groups in total. The minimum Gasteiger partial charge on any atom is -0.482 e. The van der Waals surface area contributed by atoms with E-state index < -0.39 is 0 Å². The lowest BCUT2D eigenvalue weighted by atomic mass is 9.87. The molecular weight excluding hydrogens is 422 g/mol. The molecule has 0 spiro atoms. The molecule has 2 aromatic carbocycles. The van der Waals surface area contributed by atoms with Gasteiger partial charge in [-0.2, -0.15) is 0 Å². The number of aromatic nitrogens is 3. The molecule has 0 radical (unpaired) electrons. The second kappa shape index (κ2) is 9.45. The summed E-state index contributed by atoms with van der Waals surface area (Å²) in [4.78, 5) is 12.9. The van der Waals surface area contributed by atoms with Gasteiger partial charge in [0.05, 0.1) is 6.54 Å². The van der Waals surface area contributed by atoms with E-state index in [1.807, 2.05) is 16.8 Å². The van der Waals surface area contributed by atoms with Crippen LogP contribution in [0.1, 0.15) is 67.6 Å². The normalized spacial score (nSPS) is 14.0. The molecule has 0 amide bonds. The van der Waals surface area contributed by atoms with Gasteiger partial charge in [0.15, 0.2) is 18.9 Å². The average molecular weight is 453 g/mol. The molecule has 0 unspecified atom stereocenters. The Kier molecular flexibility index (Phi) is 6.66. The predicted molar refractivity (Wildman–Crippen MR) is 125 cm³/mol. The van der Waals surface area contributed by atoms with Crippen molar-refractivity contribution < 1.29 is 14.1 Å². The minimum absolute atomic E-state index is 0.0297. The van der Waals surface area contributed by atoms with Crippen LogP contribution in [0.15, 0.2) is 48.5 Å². The number of benzene rings is 2. The molecule has 3 aromatic rings. The first-order valence-corrected chi connectivity index (χ1v) is 11.7. The van der Waals surface area contributed by atoms with Crippen LogP contribution >= 0.6 is 11.6 Å². The van der Waals surface area contributed by atoms with Gasteiger partial charge in [-0.1, -0.05) is 44.5 Å². The van der Waals surface area contributed by atoms with Crippen molar-refractivity contribution in [2.45, 2.75) is 71.6 Å². The SMILES string of the molecule is CC(C)(C)c1ccc(OCc2nn(CC(=O)c3ccc(Cl)cc3)c3[n+]2CCCCC3)cc1. The molecule has 168 valence electrons. The highest BCUT2D eigenvalue weighted by Gasteiger charge is 2.29. The summed E-state index contributed by atoms with van der Waals surface area (Å²) < 4.78 is 10.2. The molecule has 1 aliphatic heterocycles. The van der Waals surface area contributed by atoms with Crippen molar-refractivity contribution in [2.75, 3.05) is 0 Å². The van der Waals surface area contributed by atoms with Gasteiger partial charge in [-0.3, -0.25) is 4.79 Å². The van der Waals surface area contributed by atoms with E-state index in [1.54, 1.807) is 24.3 Å². The first-order valence-electron chi connectivity index (χ1n) is 11.3. The van der Waals surface area contributed by atoms with Crippen molar-refractivity contribution in [2.24, 2.45) is 0 Å². The van der Waals surface area contributed by atoms with Gasteiger partial charge in [0.2, 0.25) is 5.82 Å². The molecule has 1 aliphatic rings. The zero-order valence-electron chi connectivity index (χ0n) is 19.1. The molecule has 5 nitrogen and oxygen atoms in total. The lowest BCUT2D eigenvalue weighted by molar-refractivity contribution is -0.712. The van der Waals surface area contributed by atoms with Crippen LogP contribution in [0, 0.1) is 0 Å². The number of carbonyl (C=O) groups is 1. The summed E-state index contributed by atoms with van der Waals surface area (Å²) in [6.07, 6.45) is 4.32. The molecule has 0 saturated heterocycles. The van der Waals surface area contributed by atoms with Crippen LogP contribution in [0.4, 0.5) is 0 Å². The molecule has 4 rings (SSSR count). The van der Waals surface area contributed by atoms with Crippen LogP contribution in [-0.2, 0) is 31.5 Å². The van der Waals surface area contributed by atoms with Gasteiger partial charge in [-0.25, -0.2) is 4.57 Å². The van der Waals surface area contributed by atoms with E-state index in [2.05, 4.69) is 37.5 Å². The first-order chi connectivity index (χ1) is 15.3. The Hall–Kier alpha value is -2.66. The van der Waals surface area contributed by atoms with E-state index in [1.165, 1.54) is 12.0 Å². The van der Waals surface area contributed by atoms with E-state index in [0.717, 1.165) is 43.2 Å². The summed E-state index contributed by atoms with van der Waals surface area (Å²) in [6, 6.07) is 15.3. The Bertz CT molecular complexity index is 1080. The van der Waals surface area contributed by atoms with Crippen LogP contribution in [0.5, 0.6) is 5.75 Å². The number of hydrogen-bond acceptors (Lipinski definition) is 3. The van der Waals surface area contributed by atoms with E-state index in [-0.39, 0.29) is 17.7 Å². The Balaban J connectivity index is 1.53. The third kappa shape index (κ3) is 5.21. The van der Waals surface area contributed by atoms with Crippen molar-refractivity contribution in [1.82, 2.24) is 9.78 Å². The quantitative estimate of drug-likeness (QED) is 0.376. The number of hydrogen-bond donors (Lipinski definition) is 0. The van der Waals surface area contributed by atoms with Crippen LogP contribution < -0.4 is 9.30 Å². The zero-order valence-corrected chi connectivity index (χ0v) is 19.9. The van der Waals surface area contributed by atoms with Crippen LogP contribution in [-0.4, -0.2) is 15.6 Å². The molecule has 0 atom stereocenters. The van der Waals surface area contributed by atoms with Gasteiger partial charge in [0.25, 0.3) is 0 Å². The topological polar surface area (TPSA) is 48.0 Å². The molecule has 32 heavy (non-hydrogen) atoms. The Morgan fingerprint density at radius 2 is 1.78 bits per heavy atom. The van der Waals surface area contributed by atoms with Crippen LogP contribution in [0.2, 0.25) is 5.02 Å².